The first-order chi connectivity index (χ1) is 8.93. The number of aliphatic hydroxyl groups excluding tert-OH is 1. The first kappa shape index (κ1) is 13.6. The summed E-state index contributed by atoms with van der Waals surface area (Å²) in [5.41, 5.74) is 1.29. The number of benzene rings is 1. The quantitative estimate of drug-likeness (QED) is 0.873. The van der Waals surface area contributed by atoms with Gasteiger partial charge in [0, 0.05) is 25.1 Å². The van der Waals surface area contributed by atoms with Crippen LogP contribution in [0.5, 0.6) is 5.75 Å². The Labute approximate surface area is 111 Å². The van der Waals surface area contributed by atoms with Crippen molar-refractivity contribution in [1.29, 1.82) is 0 Å². The molecule has 6 heteroatoms. The van der Waals surface area contributed by atoms with Gasteiger partial charge in [-0.15, -0.1) is 0 Å². The number of ether oxygens (including phenoxy) is 2. The van der Waals surface area contributed by atoms with E-state index in [2.05, 4.69) is 0 Å². The lowest BCUT2D eigenvalue weighted by Gasteiger charge is -2.33. The summed E-state index contributed by atoms with van der Waals surface area (Å²) in [5.74, 6) is 0.0147. The lowest BCUT2D eigenvalue weighted by molar-refractivity contribution is -0.180. The fourth-order valence-corrected chi connectivity index (χ4v) is 1.93. The molecule has 1 aliphatic heterocycles. The lowest BCUT2D eigenvalue weighted by atomic mass is 10.1. The van der Waals surface area contributed by atoms with Gasteiger partial charge in [0.25, 0.3) is 0 Å². The Balaban J connectivity index is 2.28. The molecule has 0 aliphatic carbocycles. The molecule has 19 heavy (non-hydrogen) atoms. The van der Waals surface area contributed by atoms with Gasteiger partial charge in [-0.3, -0.25) is 4.90 Å². The molecule has 0 aromatic heterocycles. The second kappa shape index (κ2) is 5.07. The maximum Gasteiger partial charge on any atom is 0.411 e. The molecule has 0 spiro atoms. The molecular weight excluding hydrogens is 250 g/mol. The van der Waals surface area contributed by atoms with Crippen LogP contribution < -0.4 is 9.64 Å². The molecule has 104 valence electrons. The Morgan fingerprint density at radius 3 is 2.84 bits per heavy atom. The van der Waals surface area contributed by atoms with Crippen molar-refractivity contribution in [3.63, 3.8) is 0 Å². The number of fused-ring (bicyclic) bond motifs is 1. The van der Waals surface area contributed by atoms with E-state index in [0.29, 0.717) is 18.0 Å². The van der Waals surface area contributed by atoms with E-state index in [9.17, 15) is 4.79 Å². The van der Waals surface area contributed by atoms with Gasteiger partial charge in [0.1, 0.15) is 5.75 Å². The summed E-state index contributed by atoms with van der Waals surface area (Å²) in [6.45, 7) is 3.80. The van der Waals surface area contributed by atoms with E-state index in [1.165, 1.54) is 0 Å². The van der Waals surface area contributed by atoms with E-state index >= 15 is 0 Å². The summed E-state index contributed by atoms with van der Waals surface area (Å²) < 4.78 is 11.1. The number of aliphatic hydroxyl groups is 1. The summed E-state index contributed by atoms with van der Waals surface area (Å²) >= 11 is 0. The van der Waals surface area contributed by atoms with Gasteiger partial charge in [-0.1, -0.05) is 0 Å². The van der Waals surface area contributed by atoms with Crippen LogP contribution in [0.15, 0.2) is 18.2 Å². The SMILES string of the molecule is CC1(C)OCc2cc(N(CCO)C(=O)O)ccc2O1. The number of rotatable bonds is 3. The summed E-state index contributed by atoms with van der Waals surface area (Å²) in [6, 6.07) is 5.08. The van der Waals surface area contributed by atoms with Crippen LogP contribution in [0, 0.1) is 0 Å². The Morgan fingerprint density at radius 2 is 2.21 bits per heavy atom. The summed E-state index contributed by atoms with van der Waals surface area (Å²) in [7, 11) is 0. The van der Waals surface area contributed by atoms with E-state index in [1.54, 1.807) is 18.2 Å². The average molecular weight is 267 g/mol. The third kappa shape index (κ3) is 2.97. The van der Waals surface area contributed by atoms with Gasteiger partial charge in [0.2, 0.25) is 5.79 Å². The van der Waals surface area contributed by atoms with Gasteiger partial charge in [0.15, 0.2) is 0 Å². The summed E-state index contributed by atoms with van der Waals surface area (Å²) in [4.78, 5) is 12.2. The van der Waals surface area contributed by atoms with Crippen LogP contribution in [0.1, 0.15) is 19.4 Å². The van der Waals surface area contributed by atoms with Crippen LogP contribution in [0.4, 0.5) is 10.5 Å². The van der Waals surface area contributed by atoms with Gasteiger partial charge in [-0.25, -0.2) is 4.79 Å². The standard InChI is InChI=1S/C13H17NO5/c1-13(2)18-8-9-7-10(3-4-11(9)19-13)14(5-6-15)12(16)17/h3-4,7,15H,5-6,8H2,1-2H3,(H,16,17). The third-order valence-corrected chi connectivity index (χ3v) is 2.84. The fourth-order valence-electron chi connectivity index (χ4n) is 1.93. The van der Waals surface area contributed by atoms with Crippen LogP contribution >= 0.6 is 0 Å². The first-order valence-electron chi connectivity index (χ1n) is 6.00. The van der Waals surface area contributed by atoms with Crippen LogP contribution in [0.3, 0.4) is 0 Å². The number of hydrogen-bond acceptors (Lipinski definition) is 4. The van der Waals surface area contributed by atoms with Crippen molar-refractivity contribution in [2.45, 2.75) is 26.2 Å². The molecule has 0 radical (unpaired) electrons. The van der Waals surface area contributed by atoms with E-state index in [0.717, 1.165) is 10.5 Å². The van der Waals surface area contributed by atoms with Gasteiger partial charge >= 0.3 is 6.09 Å². The van der Waals surface area contributed by atoms with Crippen molar-refractivity contribution in [2.24, 2.45) is 0 Å². The minimum Gasteiger partial charge on any atom is -0.465 e. The highest BCUT2D eigenvalue weighted by atomic mass is 16.7. The topological polar surface area (TPSA) is 79.2 Å². The van der Waals surface area contributed by atoms with Gasteiger partial charge in [-0.05, 0) is 18.2 Å². The van der Waals surface area contributed by atoms with Gasteiger partial charge in [0.05, 0.1) is 19.8 Å². The normalized spacial score (nSPS) is 16.4. The molecule has 1 aromatic carbocycles. The number of carboxylic acid groups (broad SMARTS) is 1. The van der Waals surface area contributed by atoms with Crippen molar-refractivity contribution in [2.75, 3.05) is 18.1 Å². The van der Waals surface area contributed by atoms with Gasteiger partial charge in [-0.2, -0.15) is 0 Å². The zero-order valence-electron chi connectivity index (χ0n) is 10.9. The number of carbonyl (C=O) groups is 1. The van der Waals surface area contributed by atoms with Crippen molar-refractivity contribution in [3.05, 3.63) is 23.8 Å². The largest absolute Gasteiger partial charge is 0.465 e. The minimum absolute atomic E-state index is 0.0291. The fraction of sp³-hybridized carbons (Fsp3) is 0.462. The maximum atomic E-state index is 11.1. The molecule has 0 bridgehead atoms. The van der Waals surface area contributed by atoms with Gasteiger partial charge < -0.3 is 19.7 Å². The van der Waals surface area contributed by atoms with Crippen molar-refractivity contribution < 1.29 is 24.5 Å². The first-order valence-corrected chi connectivity index (χ1v) is 6.00. The Kier molecular flexibility index (Phi) is 3.64. The molecule has 6 nitrogen and oxygen atoms in total. The molecule has 0 fully saturated rings. The Bertz CT molecular complexity index is 486. The molecule has 0 saturated heterocycles. The molecule has 1 aliphatic rings. The minimum atomic E-state index is -1.10. The number of hydrogen-bond donors (Lipinski definition) is 2. The van der Waals surface area contributed by atoms with Crippen LogP contribution in [-0.2, 0) is 11.3 Å². The van der Waals surface area contributed by atoms with Crippen molar-refractivity contribution >= 4 is 11.8 Å². The van der Waals surface area contributed by atoms with E-state index in [-0.39, 0.29) is 13.2 Å². The van der Waals surface area contributed by atoms with Crippen molar-refractivity contribution in [1.82, 2.24) is 0 Å². The smallest absolute Gasteiger partial charge is 0.411 e. The molecule has 1 heterocycles. The van der Waals surface area contributed by atoms with Crippen molar-refractivity contribution in [3.8, 4) is 5.75 Å². The second-order valence-electron chi connectivity index (χ2n) is 4.74. The predicted molar refractivity (Wildman–Crippen MR) is 68.4 cm³/mol. The average Bonchev–Trinajstić information content (AvgIpc) is 2.34. The third-order valence-electron chi connectivity index (χ3n) is 2.84. The number of nitrogens with zero attached hydrogens (tertiary/aromatic N) is 1. The Morgan fingerprint density at radius 1 is 1.47 bits per heavy atom. The molecule has 1 amide bonds. The van der Waals surface area contributed by atoms with E-state index in [1.807, 2.05) is 13.8 Å². The highest BCUT2D eigenvalue weighted by molar-refractivity contribution is 5.86. The summed E-state index contributed by atoms with van der Waals surface area (Å²) in [5, 5.41) is 18.0. The molecule has 1 aromatic rings. The van der Waals surface area contributed by atoms with Crippen LogP contribution in [-0.4, -0.2) is 35.2 Å². The molecule has 2 N–H and O–H groups in total. The number of anilines is 1. The molecule has 0 unspecified atom stereocenters. The molecule has 2 rings (SSSR count). The van der Waals surface area contributed by atoms with E-state index in [4.69, 9.17) is 19.7 Å². The van der Waals surface area contributed by atoms with Crippen LogP contribution in [0.2, 0.25) is 0 Å². The highest BCUT2D eigenvalue weighted by Gasteiger charge is 2.28. The molecule has 0 atom stereocenters. The highest BCUT2D eigenvalue weighted by Crippen LogP contribution is 2.33. The zero-order valence-corrected chi connectivity index (χ0v) is 10.9. The lowest BCUT2D eigenvalue weighted by Crippen LogP contribution is -2.36. The Hall–Kier alpha value is -1.79. The van der Waals surface area contributed by atoms with Crippen LogP contribution in [0.25, 0.3) is 0 Å². The predicted octanol–water partition coefficient (Wildman–Crippen LogP) is 1.81. The monoisotopic (exact) mass is 267 g/mol. The second-order valence-corrected chi connectivity index (χ2v) is 4.74. The molecule has 0 saturated carbocycles. The zero-order chi connectivity index (χ0) is 14.0. The summed E-state index contributed by atoms with van der Waals surface area (Å²) in [6.07, 6.45) is -1.10. The molecular formula is C13H17NO5. The maximum absolute atomic E-state index is 11.1. The number of amides is 1. The van der Waals surface area contributed by atoms with E-state index < -0.39 is 11.9 Å².